The number of hydrogen-bond donors (Lipinski definition) is 0. The number of methoxy groups -OCH3 is 2. The Morgan fingerprint density at radius 2 is 1.80 bits per heavy atom. The number of benzene rings is 2. The van der Waals surface area contributed by atoms with Gasteiger partial charge in [-0.2, -0.15) is 0 Å². The van der Waals surface area contributed by atoms with Crippen molar-refractivity contribution in [2.45, 2.75) is 25.9 Å². The maximum Gasteiger partial charge on any atom is 0.231 e. The zero-order valence-corrected chi connectivity index (χ0v) is 14.9. The number of nitrogens with zero attached hydrogens (tertiary/aromatic N) is 1. The van der Waals surface area contributed by atoms with Crippen molar-refractivity contribution in [3.8, 4) is 23.0 Å². The summed E-state index contributed by atoms with van der Waals surface area (Å²) >= 11 is 0. The zero-order valence-electron chi connectivity index (χ0n) is 14.9. The van der Waals surface area contributed by atoms with Gasteiger partial charge in [0, 0.05) is 19.1 Å². The molecule has 1 atom stereocenters. The summed E-state index contributed by atoms with van der Waals surface area (Å²) in [4.78, 5) is 2.48. The average molecular weight is 341 g/mol. The topological polar surface area (TPSA) is 40.2 Å². The van der Waals surface area contributed by atoms with Crippen molar-refractivity contribution < 1.29 is 18.9 Å². The molecule has 0 aliphatic carbocycles. The third kappa shape index (κ3) is 2.89. The standard InChI is InChI=1S/C20H23NO4/c1-13-16-10-19(23-3)18(22-2)9-15(16)6-7-21(13)11-14-4-5-17-20(8-14)25-12-24-17/h4-5,8-10,13H,6-7,11-12H2,1-3H3/t13-/m0/s1. The highest BCUT2D eigenvalue weighted by Gasteiger charge is 2.26. The summed E-state index contributed by atoms with van der Waals surface area (Å²) < 4.78 is 21.8. The summed E-state index contributed by atoms with van der Waals surface area (Å²) in [6.07, 6.45) is 1.00. The van der Waals surface area contributed by atoms with Crippen molar-refractivity contribution >= 4 is 0 Å². The van der Waals surface area contributed by atoms with Gasteiger partial charge in [-0.25, -0.2) is 0 Å². The SMILES string of the molecule is COc1cc2c(cc1OC)[C@H](C)N(Cc1ccc3c(c1)OCO3)CC2. The van der Waals surface area contributed by atoms with Crippen molar-refractivity contribution in [2.24, 2.45) is 0 Å². The van der Waals surface area contributed by atoms with Crippen LogP contribution in [0.5, 0.6) is 23.0 Å². The highest BCUT2D eigenvalue weighted by atomic mass is 16.7. The number of hydrogen-bond acceptors (Lipinski definition) is 5. The lowest BCUT2D eigenvalue weighted by Gasteiger charge is -2.35. The number of ether oxygens (including phenoxy) is 4. The second-order valence-electron chi connectivity index (χ2n) is 6.49. The van der Waals surface area contributed by atoms with Crippen LogP contribution in [-0.4, -0.2) is 32.5 Å². The van der Waals surface area contributed by atoms with Crippen LogP contribution in [0.3, 0.4) is 0 Å². The van der Waals surface area contributed by atoms with Gasteiger partial charge in [-0.15, -0.1) is 0 Å². The molecule has 0 spiro atoms. The van der Waals surface area contributed by atoms with Crippen LogP contribution < -0.4 is 18.9 Å². The van der Waals surface area contributed by atoms with Crippen molar-refractivity contribution in [1.29, 1.82) is 0 Å². The lowest BCUT2D eigenvalue weighted by atomic mass is 9.92. The van der Waals surface area contributed by atoms with Gasteiger partial charge >= 0.3 is 0 Å². The monoisotopic (exact) mass is 341 g/mol. The molecule has 0 aromatic heterocycles. The smallest absolute Gasteiger partial charge is 0.231 e. The lowest BCUT2D eigenvalue weighted by Crippen LogP contribution is -2.33. The largest absolute Gasteiger partial charge is 0.493 e. The van der Waals surface area contributed by atoms with Crippen LogP contribution in [0.25, 0.3) is 0 Å². The first-order valence-electron chi connectivity index (χ1n) is 8.57. The lowest BCUT2D eigenvalue weighted by molar-refractivity contribution is 0.173. The second-order valence-corrected chi connectivity index (χ2v) is 6.49. The first-order valence-corrected chi connectivity index (χ1v) is 8.57. The van der Waals surface area contributed by atoms with Crippen LogP contribution in [0.1, 0.15) is 29.7 Å². The number of fused-ring (bicyclic) bond motifs is 2. The van der Waals surface area contributed by atoms with E-state index >= 15 is 0 Å². The summed E-state index contributed by atoms with van der Waals surface area (Å²) in [5.74, 6) is 3.27. The van der Waals surface area contributed by atoms with Gasteiger partial charge < -0.3 is 18.9 Å². The maximum absolute atomic E-state index is 5.50. The maximum atomic E-state index is 5.50. The summed E-state index contributed by atoms with van der Waals surface area (Å²) in [5.41, 5.74) is 3.89. The van der Waals surface area contributed by atoms with Gasteiger partial charge in [0.2, 0.25) is 6.79 Å². The Hall–Kier alpha value is -2.40. The second kappa shape index (κ2) is 6.48. The molecule has 0 bridgehead atoms. The Morgan fingerprint density at radius 1 is 1.04 bits per heavy atom. The fourth-order valence-corrected chi connectivity index (χ4v) is 3.69. The molecule has 0 fully saturated rings. The predicted molar refractivity (Wildman–Crippen MR) is 94.6 cm³/mol. The molecule has 0 N–H and O–H groups in total. The van der Waals surface area contributed by atoms with E-state index in [0.29, 0.717) is 12.8 Å². The first kappa shape index (κ1) is 16.1. The van der Waals surface area contributed by atoms with Gasteiger partial charge in [-0.1, -0.05) is 6.07 Å². The van der Waals surface area contributed by atoms with Gasteiger partial charge in [-0.3, -0.25) is 4.90 Å². The van der Waals surface area contributed by atoms with Gasteiger partial charge in [0.1, 0.15) is 0 Å². The minimum absolute atomic E-state index is 0.313. The third-order valence-corrected chi connectivity index (χ3v) is 5.13. The van der Waals surface area contributed by atoms with Crippen LogP contribution in [0.4, 0.5) is 0 Å². The van der Waals surface area contributed by atoms with E-state index in [-0.39, 0.29) is 0 Å². The molecule has 0 saturated heterocycles. The van der Waals surface area contributed by atoms with Gasteiger partial charge in [0.05, 0.1) is 14.2 Å². The Balaban J connectivity index is 1.57. The quantitative estimate of drug-likeness (QED) is 0.850. The van der Waals surface area contributed by atoms with E-state index in [4.69, 9.17) is 18.9 Å². The van der Waals surface area contributed by atoms with E-state index in [1.54, 1.807) is 14.2 Å². The molecular weight excluding hydrogens is 318 g/mol. The fraction of sp³-hybridized carbons (Fsp3) is 0.400. The molecule has 132 valence electrons. The molecule has 5 heteroatoms. The van der Waals surface area contributed by atoms with Crippen molar-refractivity contribution in [3.05, 3.63) is 47.0 Å². The highest BCUT2D eigenvalue weighted by Crippen LogP contribution is 2.39. The molecule has 25 heavy (non-hydrogen) atoms. The van der Waals surface area contributed by atoms with Gasteiger partial charge in [-0.05, 0) is 54.3 Å². The Kier molecular flexibility index (Phi) is 4.17. The van der Waals surface area contributed by atoms with E-state index in [9.17, 15) is 0 Å². The molecule has 0 radical (unpaired) electrons. The van der Waals surface area contributed by atoms with Crippen LogP contribution >= 0.6 is 0 Å². The Morgan fingerprint density at radius 3 is 2.60 bits per heavy atom. The van der Waals surface area contributed by atoms with E-state index in [0.717, 1.165) is 42.5 Å². The minimum Gasteiger partial charge on any atom is -0.493 e. The van der Waals surface area contributed by atoms with Crippen LogP contribution in [0.15, 0.2) is 30.3 Å². The Bertz CT molecular complexity index is 790. The van der Waals surface area contributed by atoms with Crippen LogP contribution in [0.2, 0.25) is 0 Å². The predicted octanol–water partition coefficient (Wildman–Crippen LogP) is 3.55. The molecule has 0 amide bonds. The molecule has 2 heterocycles. The van der Waals surface area contributed by atoms with Crippen LogP contribution in [-0.2, 0) is 13.0 Å². The van der Waals surface area contributed by atoms with Crippen molar-refractivity contribution in [1.82, 2.24) is 4.90 Å². The summed E-state index contributed by atoms with van der Waals surface area (Å²) in [5, 5.41) is 0. The molecule has 2 aromatic carbocycles. The highest BCUT2D eigenvalue weighted by molar-refractivity contribution is 5.49. The van der Waals surface area contributed by atoms with Gasteiger partial charge in [0.15, 0.2) is 23.0 Å². The molecule has 5 nitrogen and oxygen atoms in total. The number of rotatable bonds is 4. The summed E-state index contributed by atoms with van der Waals surface area (Å²) in [7, 11) is 3.37. The Labute approximate surface area is 148 Å². The molecule has 0 unspecified atom stereocenters. The normalized spacial score (nSPS) is 18.8. The van der Waals surface area contributed by atoms with Crippen molar-refractivity contribution in [3.63, 3.8) is 0 Å². The molecular formula is C20H23NO4. The molecule has 2 aliphatic heterocycles. The zero-order chi connectivity index (χ0) is 17.4. The van der Waals surface area contributed by atoms with E-state index in [1.807, 2.05) is 6.07 Å². The fourth-order valence-electron chi connectivity index (χ4n) is 3.69. The van der Waals surface area contributed by atoms with Crippen molar-refractivity contribution in [2.75, 3.05) is 27.6 Å². The first-order chi connectivity index (χ1) is 12.2. The minimum atomic E-state index is 0.313. The molecule has 2 aromatic rings. The van der Waals surface area contributed by atoms with E-state index in [1.165, 1.54) is 16.7 Å². The average Bonchev–Trinajstić information content (AvgIpc) is 3.11. The van der Waals surface area contributed by atoms with E-state index in [2.05, 4.69) is 36.1 Å². The third-order valence-electron chi connectivity index (χ3n) is 5.13. The molecule has 2 aliphatic rings. The van der Waals surface area contributed by atoms with E-state index < -0.39 is 0 Å². The summed E-state index contributed by atoms with van der Waals surface area (Å²) in [6.45, 7) is 4.45. The van der Waals surface area contributed by atoms with Crippen LogP contribution in [0, 0.1) is 0 Å². The summed E-state index contributed by atoms with van der Waals surface area (Å²) in [6, 6.07) is 10.7. The molecule has 4 rings (SSSR count). The van der Waals surface area contributed by atoms with Gasteiger partial charge in [0.25, 0.3) is 0 Å². The molecule has 0 saturated carbocycles.